The van der Waals surface area contributed by atoms with E-state index in [0.717, 1.165) is 45.0 Å². The first-order chi connectivity index (χ1) is 13.5. The molecule has 1 aliphatic rings. The van der Waals surface area contributed by atoms with Crippen LogP contribution in [0.15, 0.2) is 42.5 Å². The maximum Gasteiger partial charge on any atom is 0.321 e. The minimum atomic E-state index is -0.0179. The second-order valence-electron chi connectivity index (χ2n) is 7.47. The molecule has 0 unspecified atom stereocenters. The molecule has 0 aliphatic carbocycles. The predicted octanol–water partition coefficient (Wildman–Crippen LogP) is 4.50. The summed E-state index contributed by atoms with van der Waals surface area (Å²) < 4.78 is 0. The van der Waals surface area contributed by atoms with Gasteiger partial charge >= 0.3 is 6.03 Å². The standard InChI is InChI=1S/C23H32N4O/c1-5-25(6-2)21-9-7-20(8-10-21)24-23(28)27-13-11-26(12-14-27)22-16-18(3)15-19(4)17-22/h7-10,15-17H,5-6,11-14H2,1-4H3,(H,24,28). The van der Waals surface area contributed by atoms with Crippen LogP contribution >= 0.6 is 0 Å². The van der Waals surface area contributed by atoms with E-state index in [1.165, 1.54) is 22.5 Å². The fourth-order valence-corrected chi connectivity index (χ4v) is 3.85. The highest BCUT2D eigenvalue weighted by molar-refractivity contribution is 5.89. The smallest absolute Gasteiger partial charge is 0.321 e. The third-order valence-corrected chi connectivity index (χ3v) is 5.39. The number of amides is 2. The number of rotatable bonds is 5. The summed E-state index contributed by atoms with van der Waals surface area (Å²) in [6.45, 7) is 13.7. The molecular weight excluding hydrogens is 348 g/mol. The summed E-state index contributed by atoms with van der Waals surface area (Å²) in [6.07, 6.45) is 0. The largest absolute Gasteiger partial charge is 0.372 e. The van der Waals surface area contributed by atoms with E-state index in [9.17, 15) is 4.79 Å². The topological polar surface area (TPSA) is 38.8 Å². The summed E-state index contributed by atoms with van der Waals surface area (Å²) in [6, 6.07) is 14.7. The average molecular weight is 381 g/mol. The number of urea groups is 1. The maximum absolute atomic E-state index is 12.6. The van der Waals surface area contributed by atoms with Crippen molar-refractivity contribution in [1.82, 2.24) is 4.90 Å². The van der Waals surface area contributed by atoms with Gasteiger partial charge in [0, 0.05) is 56.3 Å². The second-order valence-corrected chi connectivity index (χ2v) is 7.47. The van der Waals surface area contributed by atoms with Gasteiger partial charge in [-0.1, -0.05) is 6.07 Å². The Hall–Kier alpha value is -2.69. The number of piperazine rings is 1. The van der Waals surface area contributed by atoms with Crippen LogP contribution in [0.2, 0.25) is 0 Å². The van der Waals surface area contributed by atoms with E-state index >= 15 is 0 Å². The van der Waals surface area contributed by atoms with E-state index in [4.69, 9.17) is 0 Å². The number of hydrogen-bond acceptors (Lipinski definition) is 3. The number of hydrogen-bond donors (Lipinski definition) is 1. The molecule has 150 valence electrons. The summed E-state index contributed by atoms with van der Waals surface area (Å²) in [7, 11) is 0. The highest BCUT2D eigenvalue weighted by atomic mass is 16.2. The van der Waals surface area contributed by atoms with Crippen LogP contribution in [0.4, 0.5) is 21.9 Å². The number of benzene rings is 2. The number of nitrogens with one attached hydrogen (secondary N) is 1. The van der Waals surface area contributed by atoms with Crippen LogP contribution in [0.5, 0.6) is 0 Å². The molecule has 2 amide bonds. The van der Waals surface area contributed by atoms with Gasteiger partial charge in [-0.3, -0.25) is 0 Å². The quantitative estimate of drug-likeness (QED) is 0.830. The number of carbonyl (C=O) groups is 1. The van der Waals surface area contributed by atoms with Crippen LogP contribution in [0.3, 0.4) is 0 Å². The SMILES string of the molecule is CCN(CC)c1ccc(NC(=O)N2CCN(c3cc(C)cc(C)c3)CC2)cc1. The monoisotopic (exact) mass is 380 g/mol. The van der Waals surface area contributed by atoms with Crippen molar-refractivity contribution in [1.29, 1.82) is 0 Å². The van der Waals surface area contributed by atoms with Gasteiger partial charge in [0.2, 0.25) is 0 Å². The first-order valence-corrected chi connectivity index (χ1v) is 10.2. The van der Waals surface area contributed by atoms with Crippen molar-refractivity contribution in [3.05, 3.63) is 53.6 Å². The lowest BCUT2D eigenvalue weighted by atomic mass is 10.1. The van der Waals surface area contributed by atoms with E-state index < -0.39 is 0 Å². The van der Waals surface area contributed by atoms with E-state index in [0.29, 0.717) is 0 Å². The lowest BCUT2D eigenvalue weighted by Crippen LogP contribution is -2.50. The molecule has 1 fully saturated rings. The molecule has 3 rings (SSSR count). The summed E-state index contributed by atoms with van der Waals surface area (Å²) in [5.41, 5.74) is 5.85. The van der Waals surface area contributed by atoms with Crippen molar-refractivity contribution >= 4 is 23.1 Å². The van der Waals surface area contributed by atoms with Crippen molar-refractivity contribution in [3.8, 4) is 0 Å². The molecule has 1 heterocycles. The van der Waals surface area contributed by atoms with Crippen LogP contribution in [0.1, 0.15) is 25.0 Å². The number of nitrogens with zero attached hydrogens (tertiary/aromatic N) is 3. The zero-order valence-electron chi connectivity index (χ0n) is 17.5. The van der Waals surface area contributed by atoms with Gasteiger partial charge in [0.25, 0.3) is 0 Å². The molecule has 0 aromatic heterocycles. The summed E-state index contributed by atoms with van der Waals surface area (Å²) in [5.74, 6) is 0. The van der Waals surface area contributed by atoms with Crippen molar-refractivity contribution in [2.24, 2.45) is 0 Å². The van der Waals surface area contributed by atoms with E-state index in [2.05, 4.69) is 73.1 Å². The van der Waals surface area contributed by atoms with Gasteiger partial charge in [-0.05, 0) is 75.2 Å². The van der Waals surface area contributed by atoms with Gasteiger partial charge in [-0.25, -0.2) is 4.79 Å². The fourth-order valence-electron chi connectivity index (χ4n) is 3.85. The van der Waals surface area contributed by atoms with Crippen LogP contribution in [-0.4, -0.2) is 50.2 Å². The Kier molecular flexibility index (Phi) is 6.45. The fraction of sp³-hybridized carbons (Fsp3) is 0.435. The minimum Gasteiger partial charge on any atom is -0.372 e. The third kappa shape index (κ3) is 4.77. The average Bonchev–Trinajstić information content (AvgIpc) is 2.69. The second kappa shape index (κ2) is 9.00. The van der Waals surface area contributed by atoms with Gasteiger partial charge in [-0.2, -0.15) is 0 Å². The molecule has 0 radical (unpaired) electrons. The van der Waals surface area contributed by atoms with Crippen molar-refractivity contribution in [2.45, 2.75) is 27.7 Å². The highest BCUT2D eigenvalue weighted by Gasteiger charge is 2.21. The molecule has 2 aromatic carbocycles. The Morgan fingerprint density at radius 1 is 0.929 bits per heavy atom. The molecular formula is C23H32N4O. The molecule has 0 bridgehead atoms. The highest BCUT2D eigenvalue weighted by Crippen LogP contribution is 2.21. The van der Waals surface area contributed by atoms with Gasteiger partial charge in [0.15, 0.2) is 0 Å². The molecule has 1 saturated heterocycles. The van der Waals surface area contributed by atoms with E-state index in [1.807, 2.05) is 17.0 Å². The van der Waals surface area contributed by atoms with Gasteiger partial charge in [0.1, 0.15) is 0 Å². The zero-order valence-corrected chi connectivity index (χ0v) is 17.5. The molecule has 0 atom stereocenters. The molecule has 0 saturated carbocycles. The molecule has 1 N–H and O–H groups in total. The zero-order chi connectivity index (χ0) is 20.1. The molecule has 28 heavy (non-hydrogen) atoms. The van der Waals surface area contributed by atoms with Crippen LogP contribution in [0, 0.1) is 13.8 Å². The maximum atomic E-state index is 12.6. The van der Waals surface area contributed by atoms with E-state index in [-0.39, 0.29) is 6.03 Å². The van der Waals surface area contributed by atoms with Crippen molar-refractivity contribution < 1.29 is 4.79 Å². The summed E-state index contributed by atoms with van der Waals surface area (Å²) >= 11 is 0. The third-order valence-electron chi connectivity index (χ3n) is 5.39. The first kappa shape index (κ1) is 20.1. The molecule has 1 aliphatic heterocycles. The number of carbonyl (C=O) groups excluding carboxylic acids is 1. The number of aryl methyl sites for hydroxylation is 2. The van der Waals surface area contributed by atoms with Crippen LogP contribution in [0.25, 0.3) is 0 Å². The first-order valence-electron chi connectivity index (χ1n) is 10.2. The Bertz CT molecular complexity index is 770. The van der Waals surface area contributed by atoms with Crippen LogP contribution in [-0.2, 0) is 0 Å². The normalized spacial score (nSPS) is 14.1. The van der Waals surface area contributed by atoms with Crippen LogP contribution < -0.4 is 15.1 Å². The van der Waals surface area contributed by atoms with Gasteiger partial charge in [-0.15, -0.1) is 0 Å². The Balaban J connectivity index is 1.55. The van der Waals surface area contributed by atoms with E-state index in [1.54, 1.807) is 0 Å². The van der Waals surface area contributed by atoms with Crippen molar-refractivity contribution in [2.75, 3.05) is 54.4 Å². The minimum absolute atomic E-state index is 0.0179. The predicted molar refractivity (Wildman–Crippen MR) is 119 cm³/mol. The summed E-state index contributed by atoms with van der Waals surface area (Å²) in [4.78, 5) is 19.2. The van der Waals surface area contributed by atoms with Gasteiger partial charge < -0.3 is 20.0 Å². The van der Waals surface area contributed by atoms with Gasteiger partial charge in [0.05, 0.1) is 0 Å². The Morgan fingerprint density at radius 2 is 1.50 bits per heavy atom. The number of anilines is 3. The molecule has 5 nitrogen and oxygen atoms in total. The molecule has 0 spiro atoms. The lowest BCUT2D eigenvalue weighted by molar-refractivity contribution is 0.208. The molecule has 2 aromatic rings. The van der Waals surface area contributed by atoms with Crippen molar-refractivity contribution in [3.63, 3.8) is 0 Å². The Labute approximate surface area is 168 Å². The Morgan fingerprint density at radius 3 is 2.04 bits per heavy atom. The lowest BCUT2D eigenvalue weighted by Gasteiger charge is -2.36. The molecule has 5 heteroatoms. The summed E-state index contributed by atoms with van der Waals surface area (Å²) in [5, 5.41) is 3.04.